The molecule has 2 aromatic carbocycles. The zero-order chi connectivity index (χ0) is 20.7. The van der Waals surface area contributed by atoms with Crippen molar-refractivity contribution < 1.29 is 13.2 Å². The molecule has 2 rings (SSSR count). The molecule has 0 fully saturated rings. The van der Waals surface area contributed by atoms with E-state index in [1.807, 2.05) is 49.3 Å². The van der Waals surface area contributed by atoms with Gasteiger partial charge in [-0.25, -0.2) is 8.42 Å². The van der Waals surface area contributed by atoms with E-state index in [0.29, 0.717) is 25.2 Å². The standard InChI is InChI=1S/C21H29N3O3S/c1-5-24(6-2)28(26,27)19-14-10-13-18(15-19)21(25)22-16-20(23(3)4)17-11-8-7-9-12-17/h7-15,20H,5-6,16H2,1-4H3,(H,22,25)/t20-/m0/s1. The van der Waals surface area contributed by atoms with Crippen molar-refractivity contribution in [2.24, 2.45) is 0 Å². The second-order valence-corrected chi connectivity index (χ2v) is 8.66. The maximum absolute atomic E-state index is 12.7. The van der Waals surface area contributed by atoms with Crippen LogP contribution < -0.4 is 5.32 Å². The fraction of sp³-hybridized carbons (Fsp3) is 0.381. The lowest BCUT2D eigenvalue weighted by molar-refractivity contribution is 0.0941. The lowest BCUT2D eigenvalue weighted by atomic mass is 10.1. The predicted octanol–water partition coefficient (Wildman–Crippen LogP) is 2.75. The monoisotopic (exact) mass is 403 g/mol. The van der Waals surface area contributed by atoms with Crippen LogP contribution in [0, 0.1) is 0 Å². The summed E-state index contributed by atoms with van der Waals surface area (Å²) < 4.78 is 26.8. The maximum atomic E-state index is 12.7. The molecule has 2 aromatic rings. The quantitative estimate of drug-likeness (QED) is 0.699. The number of carbonyl (C=O) groups is 1. The zero-order valence-electron chi connectivity index (χ0n) is 16.9. The third kappa shape index (κ3) is 5.19. The van der Waals surface area contributed by atoms with E-state index in [0.717, 1.165) is 5.56 Å². The number of sulfonamides is 1. The van der Waals surface area contributed by atoms with Crippen LogP contribution in [-0.2, 0) is 10.0 Å². The third-order valence-corrected chi connectivity index (χ3v) is 6.75. The first-order valence-electron chi connectivity index (χ1n) is 9.41. The summed E-state index contributed by atoms with van der Waals surface area (Å²) in [6.45, 7) is 4.78. The number of likely N-dealkylation sites (N-methyl/N-ethyl adjacent to an activating group) is 1. The minimum absolute atomic E-state index is 0.0211. The highest BCUT2D eigenvalue weighted by atomic mass is 32.2. The second-order valence-electron chi connectivity index (χ2n) is 6.72. The van der Waals surface area contributed by atoms with Gasteiger partial charge in [0.2, 0.25) is 10.0 Å². The Balaban J connectivity index is 2.17. The molecule has 28 heavy (non-hydrogen) atoms. The Bertz CT molecular complexity index is 879. The number of carbonyl (C=O) groups excluding carboxylic acids is 1. The van der Waals surface area contributed by atoms with E-state index in [-0.39, 0.29) is 16.8 Å². The van der Waals surface area contributed by atoms with Gasteiger partial charge < -0.3 is 10.2 Å². The van der Waals surface area contributed by atoms with Gasteiger partial charge in [0.15, 0.2) is 0 Å². The van der Waals surface area contributed by atoms with Crippen LogP contribution in [0.5, 0.6) is 0 Å². The Morgan fingerprint density at radius 2 is 1.64 bits per heavy atom. The molecule has 0 saturated heterocycles. The highest BCUT2D eigenvalue weighted by Crippen LogP contribution is 2.19. The highest BCUT2D eigenvalue weighted by molar-refractivity contribution is 7.89. The largest absolute Gasteiger partial charge is 0.350 e. The summed E-state index contributed by atoms with van der Waals surface area (Å²) in [5, 5.41) is 2.93. The van der Waals surface area contributed by atoms with Gasteiger partial charge in [-0.3, -0.25) is 4.79 Å². The van der Waals surface area contributed by atoms with Gasteiger partial charge in [0, 0.05) is 25.2 Å². The van der Waals surface area contributed by atoms with E-state index >= 15 is 0 Å². The van der Waals surface area contributed by atoms with Gasteiger partial charge in [0.05, 0.1) is 10.9 Å². The minimum atomic E-state index is -3.60. The van der Waals surface area contributed by atoms with Crippen molar-refractivity contribution in [1.82, 2.24) is 14.5 Å². The lowest BCUT2D eigenvalue weighted by Crippen LogP contribution is -2.35. The van der Waals surface area contributed by atoms with Crippen LogP contribution in [-0.4, -0.2) is 57.3 Å². The van der Waals surface area contributed by atoms with Crippen LogP contribution in [0.2, 0.25) is 0 Å². The molecule has 6 nitrogen and oxygen atoms in total. The van der Waals surface area contributed by atoms with E-state index in [2.05, 4.69) is 5.32 Å². The summed E-state index contributed by atoms with van der Waals surface area (Å²) in [5.41, 5.74) is 1.43. The Hall–Kier alpha value is -2.22. The van der Waals surface area contributed by atoms with Crippen LogP contribution in [0.1, 0.15) is 35.8 Å². The van der Waals surface area contributed by atoms with Crippen LogP contribution >= 0.6 is 0 Å². The summed E-state index contributed by atoms with van der Waals surface area (Å²) in [7, 11) is 0.319. The molecular formula is C21H29N3O3S. The molecular weight excluding hydrogens is 374 g/mol. The number of nitrogens with zero attached hydrogens (tertiary/aromatic N) is 2. The van der Waals surface area contributed by atoms with Crippen molar-refractivity contribution in [1.29, 1.82) is 0 Å². The lowest BCUT2D eigenvalue weighted by Gasteiger charge is -2.25. The average molecular weight is 404 g/mol. The summed E-state index contributed by atoms with van der Waals surface area (Å²) >= 11 is 0. The van der Waals surface area contributed by atoms with Crippen molar-refractivity contribution >= 4 is 15.9 Å². The van der Waals surface area contributed by atoms with Crippen LogP contribution in [0.15, 0.2) is 59.5 Å². The Morgan fingerprint density at radius 1 is 1.00 bits per heavy atom. The fourth-order valence-corrected chi connectivity index (χ4v) is 4.58. The second kappa shape index (κ2) is 9.82. The van der Waals surface area contributed by atoms with Crippen molar-refractivity contribution in [3.63, 3.8) is 0 Å². The normalized spacial score (nSPS) is 12.9. The first kappa shape index (κ1) is 22.1. The van der Waals surface area contributed by atoms with Gasteiger partial charge in [-0.2, -0.15) is 4.31 Å². The molecule has 0 aliphatic heterocycles. The van der Waals surface area contributed by atoms with Gasteiger partial charge in [-0.05, 0) is 37.9 Å². The van der Waals surface area contributed by atoms with Gasteiger partial charge in [-0.15, -0.1) is 0 Å². The van der Waals surface area contributed by atoms with E-state index in [9.17, 15) is 13.2 Å². The number of nitrogens with one attached hydrogen (secondary N) is 1. The topological polar surface area (TPSA) is 69.7 Å². The van der Waals surface area contributed by atoms with E-state index in [1.54, 1.807) is 26.0 Å². The van der Waals surface area contributed by atoms with E-state index in [1.165, 1.54) is 16.4 Å². The molecule has 1 amide bonds. The first-order chi connectivity index (χ1) is 13.3. The van der Waals surface area contributed by atoms with Crippen molar-refractivity contribution in [3.05, 3.63) is 65.7 Å². The fourth-order valence-electron chi connectivity index (χ4n) is 3.08. The van der Waals surface area contributed by atoms with Crippen LogP contribution in [0.25, 0.3) is 0 Å². The Kier molecular flexibility index (Phi) is 7.74. The van der Waals surface area contributed by atoms with Gasteiger partial charge in [-0.1, -0.05) is 50.2 Å². The molecule has 0 spiro atoms. The molecule has 0 radical (unpaired) electrons. The molecule has 0 saturated carbocycles. The molecule has 0 aliphatic carbocycles. The molecule has 0 aromatic heterocycles. The molecule has 0 heterocycles. The Labute approximate surface area is 168 Å². The molecule has 152 valence electrons. The van der Waals surface area contributed by atoms with Gasteiger partial charge in [0.25, 0.3) is 5.91 Å². The SMILES string of the molecule is CCN(CC)S(=O)(=O)c1cccc(C(=O)NC[C@@H](c2ccccc2)N(C)C)c1. The minimum Gasteiger partial charge on any atom is -0.350 e. The molecule has 0 bridgehead atoms. The number of hydrogen-bond donors (Lipinski definition) is 1. The summed E-state index contributed by atoms with van der Waals surface area (Å²) in [6.07, 6.45) is 0. The third-order valence-electron chi connectivity index (χ3n) is 4.70. The average Bonchev–Trinajstić information content (AvgIpc) is 2.69. The molecule has 1 atom stereocenters. The zero-order valence-corrected chi connectivity index (χ0v) is 17.7. The van der Waals surface area contributed by atoms with Crippen molar-refractivity contribution in [3.8, 4) is 0 Å². The van der Waals surface area contributed by atoms with Crippen LogP contribution in [0.4, 0.5) is 0 Å². The smallest absolute Gasteiger partial charge is 0.251 e. The van der Waals surface area contributed by atoms with E-state index in [4.69, 9.17) is 0 Å². The van der Waals surface area contributed by atoms with Gasteiger partial charge in [0.1, 0.15) is 0 Å². The molecule has 0 aliphatic rings. The summed E-state index contributed by atoms with van der Waals surface area (Å²) in [6, 6.07) is 16.2. The molecule has 7 heteroatoms. The first-order valence-corrected chi connectivity index (χ1v) is 10.8. The molecule has 1 N–H and O–H groups in total. The maximum Gasteiger partial charge on any atom is 0.251 e. The number of rotatable bonds is 9. The summed E-state index contributed by atoms with van der Waals surface area (Å²) in [5.74, 6) is -0.292. The van der Waals surface area contributed by atoms with Gasteiger partial charge >= 0.3 is 0 Å². The van der Waals surface area contributed by atoms with Crippen molar-refractivity contribution in [2.45, 2.75) is 24.8 Å². The Morgan fingerprint density at radius 3 is 2.21 bits per heavy atom. The summed E-state index contributed by atoms with van der Waals surface area (Å²) in [4.78, 5) is 14.8. The molecule has 0 unspecified atom stereocenters. The predicted molar refractivity (Wildman–Crippen MR) is 112 cm³/mol. The highest BCUT2D eigenvalue weighted by Gasteiger charge is 2.23. The van der Waals surface area contributed by atoms with Crippen molar-refractivity contribution in [2.75, 3.05) is 33.7 Å². The van der Waals surface area contributed by atoms with Crippen LogP contribution in [0.3, 0.4) is 0 Å². The number of benzene rings is 2. The number of amides is 1. The number of hydrogen-bond acceptors (Lipinski definition) is 4. The van der Waals surface area contributed by atoms with E-state index < -0.39 is 10.0 Å².